The van der Waals surface area contributed by atoms with Crippen LogP contribution in [0.15, 0.2) is 0 Å². The molecular weight excluding hydrogens is 254 g/mol. The van der Waals surface area contributed by atoms with E-state index in [1.165, 1.54) is 4.90 Å². The molecular formula is C15H31N3O2. The predicted molar refractivity (Wildman–Crippen MR) is 82.2 cm³/mol. The molecule has 118 valence electrons. The summed E-state index contributed by atoms with van der Waals surface area (Å²) < 4.78 is 0. The first kappa shape index (κ1) is 18.9. The number of hydrogen-bond donors (Lipinski definition) is 2. The fourth-order valence-electron chi connectivity index (χ4n) is 1.83. The highest BCUT2D eigenvalue weighted by atomic mass is 16.2. The van der Waals surface area contributed by atoms with Crippen LogP contribution in [0.1, 0.15) is 47.0 Å². The third-order valence-corrected chi connectivity index (χ3v) is 3.35. The Morgan fingerprint density at radius 2 is 1.85 bits per heavy atom. The van der Waals surface area contributed by atoms with Crippen LogP contribution in [0.3, 0.4) is 0 Å². The van der Waals surface area contributed by atoms with Crippen molar-refractivity contribution >= 4 is 11.8 Å². The largest absolute Gasteiger partial charge is 0.354 e. The Balaban J connectivity index is 4.06. The lowest BCUT2D eigenvalue weighted by Gasteiger charge is -2.25. The summed E-state index contributed by atoms with van der Waals surface area (Å²) in [6, 6.07) is 0. The van der Waals surface area contributed by atoms with Gasteiger partial charge < -0.3 is 16.0 Å². The molecule has 0 spiro atoms. The molecule has 0 atom stereocenters. The topological polar surface area (TPSA) is 75.4 Å². The van der Waals surface area contributed by atoms with Crippen molar-refractivity contribution in [3.05, 3.63) is 0 Å². The first-order valence-corrected chi connectivity index (χ1v) is 7.38. The standard InChI is InChI=1S/C15H31N3O2/c1-12(2)10-17-13(19)11-18(5)14(20)6-7-15(3,4)8-9-16/h12H,6-11,16H2,1-5H3,(H,17,19). The molecule has 20 heavy (non-hydrogen) atoms. The van der Waals surface area contributed by atoms with Gasteiger partial charge in [0.05, 0.1) is 6.54 Å². The molecule has 0 aromatic heterocycles. The van der Waals surface area contributed by atoms with Gasteiger partial charge in [0.15, 0.2) is 0 Å². The molecule has 0 aliphatic carbocycles. The average Bonchev–Trinajstić information content (AvgIpc) is 2.33. The number of nitrogens with one attached hydrogen (secondary N) is 1. The van der Waals surface area contributed by atoms with Gasteiger partial charge in [0.1, 0.15) is 0 Å². The molecule has 0 rings (SSSR count). The van der Waals surface area contributed by atoms with Crippen LogP contribution >= 0.6 is 0 Å². The van der Waals surface area contributed by atoms with Crippen LogP contribution in [-0.2, 0) is 9.59 Å². The van der Waals surface area contributed by atoms with Crippen LogP contribution < -0.4 is 11.1 Å². The van der Waals surface area contributed by atoms with Crippen LogP contribution in [0.4, 0.5) is 0 Å². The molecule has 0 radical (unpaired) electrons. The number of rotatable bonds is 9. The minimum absolute atomic E-state index is 0.00907. The fourth-order valence-corrected chi connectivity index (χ4v) is 1.83. The van der Waals surface area contributed by atoms with E-state index >= 15 is 0 Å². The lowest BCUT2D eigenvalue weighted by molar-refractivity contribution is -0.135. The lowest BCUT2D eigenvalue weighted by atomic mass is 9.84. The number of hydrogen-bond acceptors (Lipinski definition) is 3. The maximum Gasteiger partial charge on any atom is 0.239 e. The maximum absolute atomic E-state index is 12.0. The highest BCUT2D eigenvalue weighted by Gasteiger charge is 2.20. The van der Waals surface area contributed by atoms with Gasteiger partial charge in [-0.3, -0.25) is 9.59 Å². The summed E-state index contributed by atoms with van der Waals surface area (Å²) in [7, 11) is 1.67. The molecule has 0 saturated heterocycles. The highest BCUT2D eigenvalue weighted by Crippen LogP contribution is 2.26. The molecule has 3 N–H and O–H groups in total. The number of carbonyl (C=O) groups is 2. The molecule has 0 aromatic carbocycles. The van der Waals surface area contributed by atoms with Gasteiger partial charge in [-0.15, -0.1) is 0 Å². The van der Waals surface area contributed by atoms with Crippen molar-refractivity contribution in [2.24, 2.45) is 17.1 Å². The monoisotopic (exact) mass is 285 g/mol. The third kappa shape index (κ3) is 8.91. The Hall–Kier alpha value is -1.10. The van der Waals surface area contributed by atoms with Crippen molar-refractivity contribution in [2.45, 2.75) is 47.0 Å². The minimum Gasteiger partial charge on any atom is -0.354 e. The molecule has 0 bridgehead atoms. The molecule has 0 aromatic rings. The van der Waals surface area contributed by atoms with Crippen molar-refractivity contribution in [2.75, 3.05) is 26.7 Å². The summed E-state index contributed by atoms with van der Waals surface area (Å²) >= 11 is 0. The van der Waals surface area contributed by atoms with Gasteiger partial charge in [-0.05, 0) is 30.7 Å². The van der Waals surface area contributed by atoms with Gasteiger partial charge in [-0.2, -0.15) is 0 Å². The Morgan fingerprint density at radius 3 is 2.35 bits per heavy atom. The van der Waals surface area contributed by atoms with Crippen LogP contribution in [0, 0.1) is 11.3 Å². The van der Waals surface area contributed by atoms with E-state index in [-0.39, 0.29) is 23.8 Å². The predicted octanol–water partition coefficient (Wildman–Crippen LogP) is 1.37. The van der Waals surface area contributed by atoms with E-state index < -0.39 is 0 Å². The zero-order valence-corrected chi connectivity index (χ0v) is 13.7. The van der Waals surface area contributed by atoms with Crippen LogP contribution in [0.2, 0.25) is 0 Å². The van der Waals surface area contributed by atoms with Crippen molar-refractivity contribution in [3.63, 3.8) is 0 Å². The summed E-state index contributed by atoms with van der Waals surface area (Å²) in [6.45, 7) is 9.70. The molecule has 2 amide bonds. The second-order valence-corrected chi connectivity index (χ2v) is 6.65. The average molecular weight is 285 g/mol. The van der Waals surface area contributed by atoms with Gasteiger partial charge in [0.25, 0.3) is 0 Å². The van der Waals surface area contributed by atoms with Crippen LogP contribution in [0.5, 0.6) is 0 Å². The Bertz CT molecular complexity index is 314. The Morgan fingerprint density at radius 1 is 1.25 bits per heavy atom. The van der Waals surface area contributed by atoms with Gasteiger partial charge in [-0.25, -0.2) is 0 Å². The summed E-state index contributed by atoms with van der Waals surface area (Å²) in [5.41, 5.74) is 5.63. The SMILES string of the molecule is CC(C)CNC(=O)CN(C)C(=O)CCC(C)(C)CCN. The Labute approximate surface area is 123 Å². The van der Waals surface area contributed by atoms with Gasteiger partial charge in [0.2, 0.25) is 11.8 Å². The smallest absolute Gasteiger partial charge is 0.239 e. The van der Waals surface area contributed by atoms with E-state index in [2.05, 4.69) is 19.2 Å². The highest BCUT2D eigenvalue weighted by molar-refractivity contribution is 5.84. The zero-order valence-electron chi connectivity index (χ0n) is 13.7. The van der Waals surface area contributed by atoms with Crippen LogP contribution in [0.25, 0.3) is 0 Å². The number of nitrogens with two attached hydrogens (primary N) is 1. The van der Waals surface area contributed by atoms with E-state index in [4.69, 9.17) is 5.73 Å². The second-order valence-electron chi connectivity index (χ2n) is 6.65. The number of amides is 2. The van der Waals surface area contributed by atoms with Crippen molar-refractivity contribution < 1.29 is 9.59 Å². The molecule has 0 heterocycles. The first-order chi connectivity index (χ1) is 9.18. The van der Waals surface area contributed by atoms with Crippen LogP contribution in [-0.4, -0.2) is 43.4 Å². The Kier molecular flexibility index (Phi) is 8.46. The van der Waals surface area contributed by atoms with Gasteiger partial charge in [-0.1, -0.05) is 27.7 Å². The summed E-state index contributed by atoms with van der Waals surface area (Å²) in [5, 5.41) is 2.81. The summed E-state index contributed by atoms with van der Waals surface area (Å²) in [6.07, 6.45) is 2.15. The molecule has 5 nitrogen and oxygen atoms in total. The van der Waals surface area contributed by atoms with Gasteiger partial charge in [0, 0.05) is 20.0 Å². The second kappa shape index (κ2) is 8.95. The van der Waals surface area contributed by atoms with E-state index in [9.17, 15) is 9.59 Å². The summed E-state index contributed by atoms with van der Waals surface area (Å²) in [5.74, 6) is 0.322. The minimum atomic E-state index is -0.101. The third-order valence-electron chi connectivity index (χ3n) is 3.35. The van der Waals surface area contributed by atoms with Crippen molar-refractivity contribution in [1.82, 2.24) is 10.2 Å². The van der Waals surface area contributed by atoms with E-state index in [1.54, 1.807) is 7.05 Å². The molecule has 0 fully saturated rings. The number of carbonyl (C=O) groups excluding carboxylic acids is 2. The molecule has 0 unspecified atom stereocenters. The van der Waals surface area contributed by atoms with Gasteiger partial charge >= 0.3 is 0 Å². The van der Waals surface area contributed by atoms with Crippen molar-refractivity contribution in [1.29, 1.82) is 0 Å². The van der Waals surface area contributed by atoms with Crippen molar-refractivity contribution in [3.8, 4) is 0 Å². The van der Waals surface area contributed by atoms with E-state index in [1.807, 2.05) is 13.8 Å². The number of nitrogens with zero attached hydrogens (tertiary/aromatic N) is 1. The zero-order chi connectivity index (χ0) is 15.8. The first-order valence-electron chi connectivity index (χ1n) is 7.38. The normalized spacial score (nSPS) is 11.6. The molecule has 0 saturated carbocycles. The summed E-state index contributed by atoms with van der Waals surface area (Å²) in [4.78, 5) is 25.1. The number of likely N-dealkylation sites (N-methyl/N-ethyl adjacent to an activating group) is 1. The fraction of sp³-hybridized carbons (Fsp3) is 0.867. The quantitative estimate of drug-likeness (QED) is 0.672. The van der Waals surface area contributed by atoms with E-state index in [0.717, 1.165) is 12.8 Å². The lowest BCUT2D eigenvalue weighted by Crippen LogP contribution is -2.39. The maximum atomic E-state index is 12.0. The van der Waals surface area contributed by atoms with E-state index in [0.29, 0.717) is 25.4 Å². The molecule has 5 heteroatoms. The molecule has 0 aliphatic heterocycles. The molecule has 0 aliphatic rings.